The molecule has 6 heteroatoms. The molecule has 0 radical (unpaired) electrons. The van der Waals surface area contributed by atoms with Crippen LogP contribution in [0.15, 0.2) is 36.5 Å². The van der Waals surface area contributed by atoms with Crippen LogP contribution in [0.2, 0.25) is 0 Å². The van der Waals surface area contributed by atoms with Gasteiger partial charge in [0.2, 0.25) is 0 Å². The summed E-state index contributed by atoms with van der Waals surface area (Å²) in [6.45, 7) is 4.85. The molecule has 2 heterocycles. The molecule has 0 atom stereocenters. The predicted octanol–water partition coefficient (Wildman–Crippen LogP) is 2.06. The Morgan fingerprint density at radius 3 is 2.78 bits per heavy atom. The van der Waals surface area contributed by atoms with Crippen molar-refractivity contribution in [2.24, 2.45) is 0 Å². The van der Waals surface area contributed by atoms with Crippen LogP contribution in [0.3, 0.4) is 0 Å². The van der Waals surface area contributed by atoms with Gasteiger partial charge in [-0.1, -0.05) is 0 Å². The molecular weight excluding hydrogens is 292 g/mol. The van der Waals surface area contributed by atoms with Crippen molar-refractivity contribution in [1.82, 2.24) is 4.98 Å². The summed E-state index contributed by atoms with van der Waals surface area (Å²) in [7, 11) is 0. The number of ether oxygens (including phenoxy) is 1. The van der Waals surface area contributed by atoms with Crippen molar-refractivity contribution in [2.45, 2.75) is 6.92 Å². The third-order valence-corrected chi connectivity index (χ3v) is 3.84. The molecular formula is C17H20N4O2. The number of pyridine rings is 1. The van der Waals surface area contributed by atoms with E-state index < -0.39 is 0 Å². The van der Waals surface area contributed by atoms with E-state index in [0.29, 0.717) is 24.5 Å². The maximum Gasteiger partial charge on any atom is 0.255 e. The first-order valence-corrected chi connectivity index (χ1v) is 7.60. The molecule has 0 saturated carbocycles. The topological polar surface area (TPSA) is 80.5 Å². The van der Waals surface area contributed by atoms with E-state index in [4.69, 9.17) is 10.5 Å². The van der Waals surface area contributed by atoms with Gasteiger partial charge in [0.15, 0.2) is 0 Å². The van der Waals surface area contributed by atoms with Gasteiger partial charge in [-0.15, -0.1) is 0 Å². The van der Waals surface area contributed by atoms with Gasteiger partial charge in [-0.05, 0) is 42.8 Å². The number of nitrogens with zero attached hydrogens (tertiary/aromatic N) is 2. The Hall–Kier alpha value is -2.60. The van der Waals surface area contributed by atoms with Crippen LogP contribution in [0, 0.1) is 6.92 Å². The molecule has 1 aromatic carbocycles. The highest BCUT2D eigenvalue weighted by atomic mass is 16.5. The van der Waals surface area contributed by atoms with E-state index in [1.165, 1.54) is 0 Å². The van der Waals surface area contributed by atoms with Crippen LogP contribution < -0.4 is 16.0 Å². The fourth-order valence-electron chi connectivity index (χ4n) is 2.55. The minimum absolute atomic E-state index is 0.158. The van der Waals surface area contributed by atoms with Crippen molar-refractivity contribution < 1.29 is 9.53 Å². The van der Waals surface area contributed by atoms with E-state index in [9.17, 15) is 4.79 Å². The monoisotopic (exact) mass is 312 g/mol. The number of aromatic nitrogens is 1. The fraction of sp³-hybridized carbons (Fsp3) is 0.294. The van der Waals surface area contributed by atoms with Gasteiger partial charge in [-0.25, -0.2) is 4.98 Å². The molecule has 0 bridgehead atoms. The molecule has 1 aliphatic heterocycles. The van der Waals surface area contributed by atoms with E-state index in [2.05, 4.69) is 15.2 Å². The van der Waals surface area contributed by atoms with E-state index in [1.54, 1.807) is 18.3 Å². The van der Waals surface area contributed by atoms with Crippen molar-refractivity contribution in [3.8, 4) is 0 Å². The third kappa shape index (κ3) is 3.60. The van der Waals surface area contributed by atoms with E-state index in [0.717, 1.165) is 30.2 Å². The van der Waals surface area contributed by atoms with Crippen LogP contribution in [0.5, 0.6) is 0 Å². The lowest BCUT2D eigenvalue weighted by Gasteiger charge is -2.27. The average molecular weight is 312 g/mol. The lowest BCUT2D eigenvalue weighted by atomic mass is 10.1. The summed E-state index contributed by atoms with van der Waals surface area (Å²) in [6, 6.07) is 8.95. The summed E-state index contributed by atoms with van der Waals surface area (Å²) in [5, 5.41) is 2.92. The molecule has 0 aliphatic carbocycles. The molecule has 3 rings (SSSR count). The van der Waals surface area contributed by atoms with E-state index >= 15 is 0 Å². The molecule has 1 aromatic heterocycles. The fourth-order valence-corrected chi connectivity index (χ4v) is 2.55. The van der Waals surface area contributed by atoms with Gasteiger partial charge < -0.3 is 20.7 Å². The number of nitrogens with one attached hydrogen (secondary N) is 1. The minimum Gasteiger partial charge on any atom is -0.399 e. The molecule has 1 aliphatic rings. The maximum absolute atomic E-state index is 12.5. The number of benzene rings is 1. The molecule has 23 heavy (non-hydrogen) atoms. The first-order valence-electron chi connectivity index (χ1n) is 7.60. The number of nitrogens with two attached hydrogens (primary N) is 1. The van der Waals surface area contributed by atoms with Gasteiger partial charge in [0.1, 0.15) is 5.82 Å². The molecule has 2 aromatic rings. The highest BCUT2D eigenvalue weighted by Gasteiger charge is 2.15. The maximum atomic E-state index is 12.5. The molecule has 120 valence electrons. The summed E-state index contributed by atoms with van der Waals surface area (Å²) >= 11 is 0. The second kappa shape index (κ2) is 6.66. The summed E-state index contributed by atoms with van der Waals surface area (Å²) in [5.41, 5.74) is 8.69. The SMILES string of the molecule is Cc1cc(N)ccc1NC(=O)c1ccnc(N2CCOCC2)c1. The molecule has 1 fully saturated rings. The molecule has 0 spiro atoms. The van der Waals surface area contributed by atoms with Crippen molar-refractivity contribution in [2.75, 3.05) is 42.3 Å². The number of hydrogen-bond donors (Lipinski definition) is 2. The van der Waals surface area contributed by atoms with Crippen LogP contribution in [-0.4, -0.2) is 37.2 Å². The number of rotatable bonds is 3. The van der Waals surface area contributed by atoms with Crippen molar-refractivity contribution in [3.63, 3.8) is 0 Å². The van der Waals surface area contributed by atoms with Crippen LogP contribution in [0.25, 0.3) is 0 Å². The Bertz CT molecular complexity index is 711. The van der Waals surface area contributed by atoms with Crippen LogP contribution in [0.4, 0.5) is 17.2 Å². The van der Waals surface area contributed by atoms with Crippen molar-refractivity contribution in [3.05, 3.63) is 47.7 Å². The summed E-state index contributed by atoms with van der Waals surface area (Å²) in [4.78, 5) is 18.9. The minimum atomic E-state index is -0.158. The van der Waals surface area contributed by atoms with Crippen LogP contribution in [0.1, 0.15) is 15.9 Å². The number of hydrogen-bond acceptors (Lipinski definition) is 5. The zero-order valence-electron chi connectivity index (χ0n) is 13.1. The number of nitrogen functional groups attached to an aromatic ring is 1. The normalized spacial score (nSPS) is 14.6. The highest BCUT2D eigenvalue weighted by Crippen LogP contribution is 2.20. The Balaban J connectivity index is 1.76. The Labute approximate surface area is 135 Å². The zero-order valence-corrected chi connectivity index (χ0v) is 13.1. The van der Waals surface area contributed by atoms with Crippen LogP contribution >= 0.6 is 0 Å². The van der Waals surface area contributed by atoms with Gasteiger partial charge in [0.25, 0.3) is 5.91 Å². The molecule has 1 saturated heterocycles. The lowest BCUT2D eigenvalue weighted by molar-refractivity contribution is 0.102. The number of aryl methyl sites for hydroxylation is 1. The van der Waals surface area contributed by atoms with Gasteiger partial charge in [-0.2, -0.15) is 0 Å². The Kier molecular flexibility index (Phi) is 4.43. The number of carbonyl (C=O) groups excluding carboxylic acids is 1. The summed E-state index contributed by atoms with van der Waals surface area (Å²) in [5.74, 6) is 0.643. The number of amides is 1. The van der Waals surface area contributed by atoms with Gasteiger partial charge in [0.05, 0.1) is 13.2 Å². The zero-order chi connectivity index (χ0) is 16.2. The van der Waals surface area contributed by atoms with E-state index in [-0.39, 0.29) is 5.91 Å². The smallest absolute Gasteiger partial charge is 0.255 e. The van der Waals surface area contributed by atoms with Crippen molar-refractivity contribution in [1.29, 1.82) is 0 Å². The van der Waals surface area contributed by atoms with E-state index in [1.807, 2.05) is 25.1 Å². The van der Waals surface area contributed by atoms with Gasteiger partial charge in [-0.3, -0.25) is 4.79 Å². The Morgan fingerprint density at radius 2 is 2.04 bits per heavy atom. The quantitative estimate of drug-likeness (QED) is 0.848. The van der Waals surface area contributed by atoms with Gasteiger partial charge >= 0.3 is 0 Å². The molecule has 3 N–H and O–H groups in total. The average Bonchev–Trinajstić information content (AvgIpc) is 2.58. The number of anilines is 3. The second-order valence-corrected chi connectivity index (χ2v) is 5.53. The molecule has 0 unspecified atom stereocenters. The first-order chi connectivity index (χ1) is 11.1. The first kappa shape index (κ1) is 15.3. The summed E-state index contributed by atoms with van der Waals surface area (Å²) in [6.07, 6.45) is 1.66. The predicted molar refractivity (Wildman–Crippen MR) is 90.8 cm³/mol. The van der Waals surface area contributed by atoms with Gasteiger partial charge in [0, 0.05) is 36.2 Å². The second-order valence-electron chi connectivity index (χ2n) is 5.53. The largest absolute Gasteiger partial charge is 0.399 e. The third-order valence-electron chi connectivity index (χ3n) is 3.84. The summed E-state index contributed by atoms with van der Waals surface area (Å²) < 4.78 is 5.34. The number of morpholine rings is 1. The standard InChI is InChI=1S/C17H20N4O2/c1-12-10-14(18)2-3-15(12)20-17(22)13-4-5-19-16(11-13)21-6-8-23-9-7-21/h2-5,10-11H,6-9,18H2,1H3,(H,20,22). The Morgan fingerprint density at radius 1 is 1.26 bits per heavy atom. The highest BCUT2D eigenvalue weighted by molar-refractivity contribution is 6.05. The van der Waals surface area contributed by atoms with Crippen molar-refractivity contribution >= 4 is 23.1 Å². The molecule has 1 amide bonds. The lowest BCUT2D eigenvalue weighted by Crippen LogP contribution is -2.36. The number of carbonyl (C=O) groups is 1. The van der Waals surface area contributed by atoms with Crippen LogP contribution in [-0.2, 0) is 4.74 Å². The molecule has 6 nitrogen and oxygen atoms in total.